The third kappa shape index (κ3) is 3.53. The predicted octanol–water partition coefficient (Wildman–Crippen LogP) is 5.27. The third-order valence-electron chi connectivity index (χ3n) is 6.81. The predicted molar refractivity (Wildman–Crippen MR) is 137 cm³/mol. The summed E-state index contributed by atoms with van der Waals surface area (Å²) >= 11 is 0. The fraction of sp³-hybridized carbons (Fsp3) is 0.241. The van der Waals surface area contributed by atoms with Gasteiger partial charge in [0.2, 0.25) is 0 Å². The van der Waals surface area contributed by atoms with Gasteiger partial charge in [0.1, 0.15) is 11.5 Å². The standard InChI is InChI=1S/C29H29N3O2/c1-3-29(22-14-8-5-9-15-22)20-30-28(32(29)18-19-33)25-23-16-10-11-17-24(23)31-26(27(25)34-2)21-12-6-4-7-13-21/h4-17,33H,3,18-20H2,1-2H3. The molecular formula is C29H29N3O2. The zero-order chi connectivity index (χ0) is 23.5. The molecular weight excluding hydrogens is 422 g/mol. The van der Waals surface area contributed by atoms with Gasteiger partial charge in [0.05, 0.1) is 36.9 Å². The van der Waals surface area contributed by atoms with Gasteiger partial charge in [-0.25, -0.2) is 4.98 Å². The molecule has 0 saturated carbocycles. The molecule has 1 aliphatic heterocycles. The van der Waals surface area contributed by atoms with Crippen LogP contribution >= 0.6 is 0 Å². The lowest BCUT2D eigenvalue weighted by Gasteiger charge is -2.40. The van der Waals surface area contributed by atoms with Crippen LogP contribution in [0, 0.1) is 0 Å². The number of aliphatic hydroxyl groups is 1. The van der Waals surface area contributed by atoms with Crippen molar-refractivity contribution in [1.82, 2.24) is 9.88 Å². The third-order valence-corrected chi connectivity index (χ3v) is 6.81. The van der Waals surface area contributed by atoms with Gasteiger partial charge in [0.15, 0.2) is 5.75 Å². The van der Waals surface area contributed by atoms with E-state index >= 15 is 0 Å². The van der Waals surface area contributed by atoms with Gasteiger partial charge in [0, 0.05) is 17.5 Å². The number of hydrogen-bond donors (Lipinski definition) is 1. The molecule has 0 saturated heterocycles. The minimum atomic E-state index is -0.332. The number of ether oxygens (including phenoxy) is 1. The summed E-state index contributed by atoms with van der Waals surface area (Å²) in [5.74, 6) is 1.54. The number of para-hydroxylation sites is 1. The molecule has 0 aliphatic carbocycles. The maximum atomic E-state index is 10.1. The van der Waals surface area contributed by atoms with E-state index < -0.39 is 0 Å². The fourth-order valence-corrected chi connectivity index (χ4v) is 5.12. The van der Waals surface area contributed by atoms with Gasteiger partial charge in [0.25, 0.3) is 0 Å². The summed E-state index contributed by atoms with van der Waals surface area (Å²) in [6.07, 6.45) is 0.862. The highest BCUT2D eigenvalue weighted by Crippen LogP contribution is 2.43. The SMILES string of the molecule is CCC1(c2ccccc2)CN=C(c2c(OC)c(-c3ccccc3)nc3ccccc23)N1CCO. The summed E-state index contributed by atoms with van der Waals surface area (Å²) in [6.45, 7) is 3.31. The molecule has 5 rings (SSSR count). The van der Waals surface area contributed by atoms with Crippen molar-refractivity contribution in [3.05, 3.63) is 96.1 Å². The Morgan fingerprint density at radius 1 is 0.941 bits per heavy atom. The van der Waals surface area contributed by atoms with Crippen molar-refractivity contribution in [2.75, 3.05) is 26.8 Å². The Bertz CT molecular complexity index is 1320. The molecule has 4 aromatic rings. The van der Waals surface area contributed by atoms with Crippen molar-refractivity contribution in [2.45, 2.75) is 18.9 Å². The van der Waals surface area contributed by atoms with Gasteiger partial charge in [-0.1, -0.05) is 85.8 Å². The number of aromatic nitrogens is 1. The Morgan fingerprint density at radius 3 is 2.29 bits per heavy atom. The van der Waals surface area contributed by atoms with Crippen molar-refractivity contribution >= 4 is 16.7 Å². The molecule has 1 atom stereocenters. The van der Waals surface area contributed by atoms with E-state index in [1.54, 1.807) is 7.11 Å². The molecule has 5 heteroatoms. The monoisotopic (exact) mass is 451 g/mol. The van der Waals surface area contributed by atoms with Crippen LogP contribution in [0.4, 0.5) is 0 Å². The number of benzene rings is 3. The van der Waals surface area contributed by atoms with Crippen LogP contribution in [-0.2, 0) is 5.54 Å². The molecule has 1 aliphatic rings. The maximum absolute atomic E-state index is 10.1. The zero-order valence-corrected chi connectivity index (χ0v) is 19.6. The number of nitrogens with zero attached hydrogens (tertiary/aromatic N) is 3. The van der Waals surface area contributed by atoms with Crippen molar-refractivity contribution in [2.24, 2.45) is 4.99 Å². The number of pyridine rings is 1. The van der Waals surface area contributed by atoms with E-state index in [0.29, 0.717) is 18.8 Å². The first-order valence-corrected chi connectivity index (χ1v) is 11.7. The summed E-state index contributed by atoms with van der Waals surface area (Å²) in [6, 6.07) is 28.7. The van der Waals surface area contributed by atoms with Crippen molar-refractivity contribution in [3.8, 4) is 17.0 Å². The van der Waals surface area contributed by atoms with Crippen LogP contribution in [0.1, 0.15) is 24.5 Å². The lowest BCUT2D eigenvalue weighted by atomic mass is 9.85. The molecule has 3 aromatic carbocycles. The summed E-state index contributed by atoms with van der Waals surface area (Å²) in [4.78, 5) is 12.4. The average molecular weight is 452 g/mol. The highest BCUT2D eigenvalue weighted by molar-refractivity contribution is 6.13. The van der Waals surface area contributed by atoms with E-state index in [-0.39, 0.29) is 12.1 Å². The first kappa shape index (κ1) is 22.1. The Labute approximate surface area is 200 Å². The van der Waals surface area contributed by atoms with Gasteiger partial charge < -0.3 is 14.7 Å². The van der Waals surface area contributed by atoms with E-state index in [4.69, 9.17) is 14.7 Å². The summed E-state index contributed by atoms with van der Waals surface area (Å²) < 4.78 is 6.05. The second kappa shape index (κ2) is 9.27. The molecule has 0 fully saturated rings. The number of aliphatic hydroxyl groups excluding tert-OH is 1. The van der Waals surface area contributed by atoms with E-state index in [1.807, 2.05) is 54.6 Å². The minimum absolute atomic E-state index is 0.0322. The first-order chi connectivity index (χ1) is 16.7. The average Bonchev–Trinajstić information content (AvgIpc) is 3.27. The van der Waals surface area contributed by atoms with Crippen molar-refractivity contribution in [1.29, 1.82) is 0 Å². The van der Waals surface area contributed by atoms with E-state index in [0.717, 1.165) is 40.0 Å². The first-order valence-electron chi connectivity index (χ1n) is 11.7. The molecule has 34 heavy (non-hydrogen) atoms. The Balaban J connectivity index is 1.77. The molecule has 0 radical (unpaired) electrons. The van der Waals surface area contributed by atoms with Crippen LogP contribution in [0.3, 0.4) is 0 Å². The molecule has 0 bridgehead atoms. The number of β-amino-alcohol motifs (C(OH)–C–C–N with tert-alkyl or cyclic N) is 1. The molecule has 2 heterocycles. The molecule has 1 aromatic heterocycles. The van der Waals surface area contributed by atoms with Gasteiger partial charge in [-0.3, -0.25) is 4.99 Å². The quantitative estimate of drug-likeness (QED) is 0.416. The zero-order valence-electron chi connectivity index (χ0n) is 19.6. The number of hydrogen-bond acceptors (Lipinski definition) is 5. The maximum Gasteiger partial charge on any atom is 0.156 e. The summed E-state index contributed by atoms with van der Waals surface area (Å²) in [5.41, 5.74) is 4.46. The van der Waals surface area contributed by atoms with Gasteiger partial charge in [-0.05, 0) is 18.1 Å². The van der Waals surface area contributed by atoms with Crippen LogP contribution in [0.25, 0.3) is 22.2 Å². The second-order valence-corrected chi connectivity index (χ2v) is 8.52. The van der Waals surface area contributed by atoms with Crippen LogP contribution in [0.5, 0.6) is 5.75 Å². The summed E-state index contributed by atoms with van der Waals surface area (Å²) in [5, 5.41) is 11.1. The molecule has 0 amide bonds. The highest BCUT2D eigenvalue weighted by Gasteiger charge is 2.44. The van der Waals surface area contributed by atoms with Gasteiger partial charge in [-0.15, -0.1) is 0 Å². The Kier molecular flexibility index (Phi) is 6.03. The van der Waals surface area contributed by atoms with Crippen molar-refractivity contribution in [3.63, 3.8) is 0 Å². The summed E-state index contributed by atoms with van der Waals surface area (Å²) in [7, 11) is 1.69. The normalized spacial score (nSPS) is 17.7. The molecule has 1 N–H and O–H groups in total. The highest BCUT2D eigenvalue weighted by atomic mass is 16.5. The van der Waals surface area contributed by atoms with E-state index in [9.17, 15) is 5.11 Å². The molecule has 0 spiro atoms. The van der Waals surface area contributed by atoms with Crippen LogP contribution in [0.2, 0.25) is 0 Å². The van der Waals surface area contributed by atoms with Gasteiger partial charge >= 0.3 is 0 Å². The lowest BCUT2D eigenvalue weighted by molar-refractivity contribution is 0.156. The van der Waals surface area contributed by atoms with Gasteiger partial charge in [-0.2, -0.15) is 0 Å². The molecule has 1 unspecified atom stereocenters. The van der Waals surface area contributed by atoms with Crippen LogP contribution in [-0.4, -0.2) is 47.6 Å². The lowest BCUT2D eigenvalue weighted by Crippen LogP contribution is -2.48. The van der Waals surface area contributed by atoms with Crippen molar-refractivity contribution < 1.29 is 9.84 Å². The number of aliphatic imine (C=N–C) groups is 1. The van der Waals surface area contributed by atoms with E-state index in [2.05, 4.69) is 42.2 Å². The second-order valence-electron chi connectivity index (χ2n) is 8.52. The molecule has 5 nitrogen and oxygen atoms in total. The number of rotatable bonds is 7. The minimum Gasteiger partial charge on any atom is -0.494 e. The fourth-order valence-electron chi connectivity index (χ4n) is 5.12. The number of amidine groups is 1. The Hall–Kier alpha value is -3.70. The number of methoxy groups -OCH3 is 1. The van der Waals surface area contributed by atoms with Crippen LogP contribution in [0.15, 0.2) is 89.9 Å². The largest absolute Gasteiger partial charge is 0.494 e. The van der Waals surface area contributed by atoms with E-state index in [1.165, 1.54) is 5.56 Å². The Morgan fingerprint density at radius 2 is 1.62 bits per heavy atom. The van der Waals surface area contributed by atoms with Crippen LogP contribution < -0.4 is 4.74 Å². The number of fused-ring (bicyclic) bond motifs is 1. The molecule has 172 valence electrons. The topological polar surface area (TPSA) is 58.0 Å². The smallest absolute Gasteiger partial charge is 0.156 e.